The van der Waals surface area contributed by atoms with E-state index in [4.69, 9.17) is 9.90 Å². The normalized spacial score (nSPS) is 15.2. The van der Waals surface area contributed by atoms with Gasteiger partial charge in [0.2, 0.25) is 0 Å². The highest BCUT2D eigenvalue weighted by atomic mass is 19.4. The number of nitrogens with one attached hydrogen (secondary N) is 1. The highest BCUT2D eigenvalue weighted by Gasteiger charge is 2.38. The molecule has 170 valence electrons. The second-order valence-electron chi connectivity index (χ2n) is 7.46. The second kappa shape index (κ2) is 9.47. The zero-order valence-electron chi connectivity index (χ0n) is 17.1. The van der Waals surface area contributed by atoms with Crippen LogP contribution in [0.4, 0.5) is 17.6 Å². The molecule has 0 saturated carbocycles. The molecule has 0 bridgehead atoms. The molecule has 0 aliphatic heterocycles. The number of aliphatic carboxylic acids is 1. The molecule has 1 aliphatic rings. The third kappa shape index (κ3) is 5.50. The van der Waals surface area contributed by atoms with Crippen LogP contribution >= 0.6 is 0 Å². The molecule has 1 aliphatic carbocycles. The summed E-state index contributed by atoms with van der Waals surface area (Å²) in [6, 6.07) is 12.3. The molecule has 0 fully saturated rings. The van der Waals surface area contributed by atoms with E-state index in [2.05, 4.69) is 10.3 Å². The average Bonchev–Trinajstić information content (AvgIpc) is 3.09. The summed E-state index contributed by atoms with van der Waals surface area (Å²) in [6.07, 6.45) is -3.13. The fraction of sp³-hybridized carbons (Fsp3) is 0.318. The van der Waals surface area contributed by atoms with Crippen molar-refractivity contribution >= 4 is 11.6 Å². The maximum absolute atomic E-state index is 13.3. The number of pyridine rings is 1. The first-order valence-electron chi connectivity index (χ1n) is 9.83. The van der Waals surface area contributed by atoms with Gasteiger partial charge in [0.15, 0.2) is 0 Å². The molecule has 32 heavy (non-hydrogen) atoms. The molecule has 10 heteroatoms. The Morgan fingerprint density at radius 3 is 2.66 bits per heavy atom. The van der Waals surface area contributed by atoms with Crippen molar-refractivity contribution in [1.82, 2.24) is 14.7 Å². The minimum Gasteiger partial charge on any atom is -0.475 e. The Hall–Kier alpha value is -3.27. The lowest BCUT2D eigenvalue weighted by Crippen LogP contribution is -2.23. The Morgan fingerprint density at radius 1 is 1.25 bits per heavy atom. The Balaban J connectivity index is 0.000000360. The van der Waals surface area contributed by atoms with E-state index in [0.29, 0.717) is 18.1 Å². The minimum atomic E-state index is -5.08. The molecular weight excluding hydrogens is 430 g/mol. The van der Waals surface area contributed by atoms with E-state index in [0.717, 1.165) is 36.3 Å². The van der Waals surface area contributed by atoms with Crippen molar-refractivity contribution in [2.75, 3.05) is 6.54 Å². The maximum atomic E-state index is 13.3. The van der Waals surface area contributed by atoms with Crippen molar-refractivity contribution in [3.05, 3.63) is 81.2 Å². The first-order chi connectivity index (χ1) is 15.1. The first kappa shape index (κ1) is 23.4. The molecule has 6 nitrogen and oxygen atoms in total. The Kier molecular flexibility index (Phi) is 6.93. The summed E-state index contributed by atoms with van der Waals surface area (Å²) in [5, 5.41) is 10.5. The lowest BCUT2D eigenvalue weighted by Gasteiger charge is -2.13. The predicted molar refractivity (Wildman–Crippen MR) is 109 cm³/mol. The number of carbonyl (C=O) groups is 1. The predicted octanol–water partition coefficient (Wildman–Crippen LogP) is 3.59. The van der Waals surface area contributed by atoms with Crippen molar-refractivity contribution in [1.29, 1.82) is 0 Å². The van der Waals surface area contributed by atoms with E-state index >= 15 is 0 Å². The fourth-order valence-electron chi connectivity index (χ4n) is 3.72. The second-order valence-corrected chi connectivity index (χ2v) is 7.46. The van der Waals surface area contributed by atoms with E-state index in [-0.39, 0.29) is 11.4 Å². The maximum Gasteiger partial charge on any atom is 0.490 e. The molecule has 0 radical (unpaired) electrons. The van der Waals surface area contributed by atoms with E-state index in [1.54, 1.807) is 16.5 Å². The van der Waals surface area contributed by atoms with E-state index in [1.807, 2.05) is 31.2 Å². The lowest BCUT2D eigenvalue weighted by atomic mass is 10.0. The molecule has 0 saturated heterocycles. The highest BCUT2D eigenvalue weighted by molar-refractivity contribution is 5.73. The molecule has 1 unspecified atom stereocenters. The van der Waals surface area contributed by atoms with Gasteiger partial charge in [0, 0.05) is 24.8 Å². The van der Waals surface area contributed by atoms with Gasteiger partial charge in [0.25, 0.3) is 5.56 Å². The van der Waals surface area contributed by atoms with Crippen LogP contribution in [0.25, 0.3) is 5.65 Å². The van der Waals surface area contributed by atoms with Gasteiger partial charge < -0.3 is 10.4 Å². The summed E-state index contributed by atoms with van der Waals surface area (Å²) in [6.45, 7) is 3.24. The molecule has 1 aromatic carbocycles. The monoisotopic (exact) mass is 451 g/mol. The summed E-state index contributed by atoms with van der Waals surface area (Å²) in [4.78, 5) is 25.8. The van der Waals surface area contributed by atoms with Crippen LogP contribution in [0, 0.1) is 12.7 Å². The van der Waals surface area contributed by atoms with E-state index in [9.17, 15) is 22.4 Å². The summed E-state index contributed by atoms with van der Waals surface area (Å²) < 4.78 is 46.7. The van der Waals surface area contributed by atoms with Crippen LogP contribution in [-0.4, -0.2) is 33.2 Å². The molecule has 2 aromatic heterocycles. The van der Waals surface area contributed by atoms with E-state index in [1.165, 1.54) is 11.6 Å². The topological polar surface area (TPSA) is 83.7 Å². The molecule has 0 spiro atoms. The number of fused-ring (bicyclic) bond motifs is 2. The Morgan fingerprint density at radius 2 is 1.97 bits per heavy atom. The van der Waals surface area contributed by atoms with Crippen molar-refractivity contribution in [3.8, 4) is 0 Å². The SMILES string of the molecule is Cc1cccc2nc(CNCC3CCc4cc(F)ccc43)cc(=O)n12.O=C(O)C(F)(F)F. The van der Waals surface area contributed by atoms with Gasteiger partial charge in [0.1, 0.15) is 11.5 Å². The lowest BCUT2D eigenvalue weighted by molar-refractivity contribution is -0.192. The molecule has 1 atom stereocenters. The van der Waals surface area contributed by atoms with Crippen LogP contribution in [0.2, 0.25) is 0 Å². The molecular formula is C22H21F4N3O3. The van der Waals surface area contributed by atoms with Gasteiger partial charge in [-0.15, -0.1) is 0 Å². The first-order valence-corrected chi connectivity index (χ1v) is 9.83. The third-order valence-corrected chi connectivity index (χ3v) is 5.18. The van der Waals surface area contributed by atoms with Gasteiger partial charge in [-0.3, -0.25) is 9.20 Å². The number of hydrogen-bond donors (Lipinski definition) is 2. The van der Waals surface area contributed by atoms with Crippen molar-refractivity contribution in [2.45, 2.75) is 38.4 Å². The van der Waals surface area contributed by atoms with Gasteiger partial charge in [-0.25, -0.2) is 14.2 Å². The number of alkyl halides is 3. The van der Waals surface area contributed by atoms with Crippen LogP contribution in [0.1, 0.15) is 34.9 Å². The summed E-state index contributed by atoms with van der Waals surface area (Å²) >= 11 is 0. The number of halogens is 4. The fourth-order valence-corrected chi connectivity index (χ4v) is 3.72. The number of carboxylic acids is 1. The number of carboxylic acid groups (broad SMARTS) is 1. The zero-order chi connectivity index (χ0) is 23.5. The number of aromatic nitrogens is 2. The van der Waals surface area contributed by atoms with Gasteiger partial charge in [-0.05, 0) is 61.1 Å². The smallest absolute Gasteiger partial charge is 0.475 e. The van der Waals surface area contributed by atoms with Crippen LogP contribution < -0.4 is 10.9 Å². The number of rotatable bonds is 4. The minimum absolute atomic E-state index is 0.0541. The Bertz CT molecular complexity index is 1190. The van der Waals surface area contributed by atoms with Crippen molar-refractivity contribution in [3.63, 3.8) is 0 Å². The van der Waals surface area contributed by atoms with Crippen LogP contribution in [-0.2, 0) is 17.8 Å². The summed E-state index contributed by atoms with van der Waals surface area (Å²) in [5.41, 5.74) is 4.59. The molecule has 2 N–H and O–H groups in total. The van der Waals surface area contributed by atoms with E-state index < -0.39 is 12.1 Å². The number of nitrogens with zero attached hydrogens (tertiary/aromatic N) is 2. The number of hydrogen-bond acceptors (Lipinski definition) is 4. The number of benzene rings is 1. The standard InChI is InChI=1S/C20H20FN3O.C2HF3O2/c1-13-3-2-4-19-23-17(10-20(25)24(13)19)12-22-11-15-6-5-14-9-16(21)7-8-18(14)15;3-2(4,5)1(6)7/h2-4,7-10,15,22H,5-6,11-12H2,1H3;(H,6,7). The van der Waals surface area contributed by atoms with Crippen molar-refractivity contribution in [2.24, 2.45) is 0 Å². The quantitative estimate of drug-likeness (QED) is 0.593. The van der Waals surface area contributed by atoms with Gasteiger partial charge in [-0.1, -0.05) is 12.1 Å². The number of aryl methyl sites for hydroxylation is 2. The van der Waals surface area contributed by atoms with Crippen LogP contribution in [0.5, 0.6) is 0 Å². The molecule has 4 rings (SSSR count). The highest BCUT2D eigenvalue weighted by Crippen LogP contribution is 2.32. The zero-order valence-corrected chi connectivity index (χ0v) is 17.1. The summed E-state index contributed by atoms with van der Waals surface area (Å²) in [7, 11) is 0. The molecule has 2 heterocycles. The van der Waals surface area contributed by atoms with Gasteiger partial charge in [-0.2, -0.15) is 13.2 Å². The third-order valence-electron chi connectivity index (χ3n) is 5.18. The van der Waals surface area contributed by atoms with Crippen LogP contribution in [0.3, 0.4) is 0 Å². The molecule has 3 aromatic rings. The average molecular weight is 451 g/mol. The van der Waals surface area contributed by atoms with Gasteiger partial charge in [0.05, 0.1) is 5.69 Å². The van der Waals surface area contributed by atoms with Crippen molar-refractivity contribution < 1.29 is 27.5 Å². The van der Waals surface area contributed by atoms with Gasteiger partial charge >= 0.3 is 12.1 Å². The summed E-state index contributed by atoms with van der Waals surface area (Å²) in [5.74, 6) is -2.53. The van der Waals surface area contributed by atoms with Crippen LogP contribution in [0.15, 0.2) is 47.3 Å². The Labute approximate surface area is 180 Å². The molecule has 0 amide bonds. The largest absolute Gasteiger partial charge is 0.490 e.